The number of ether oxygens (including phenoxy) is 1. The van der Waals surface area contributed by atoms with E-state index in [4.69, 9.17) is 4.74 Å². The van der Waals surface area contributed by atoms with Crippen LogP contribution in [-0.4, -0.2) is 4.57 Å². The molecule has 0 fully saturated rings. The zero-order chi connectivity index (χ0) is 53.1. The van der Waals surface area contributed by atoms with Crippen LogP contribution < -0.4 is 9.64 Å². The second-order valence-electron chi connectivity index (χ2n) is 21.9. The van der Waals surface area contributed by atoms with E-state index in [0.29, 0.717) is 0 Å². The van der Waals surface area contributed by atoms with Gasteiger partial charge in [-0.1, -0.05) is 203 Å². The molecule has 78 heavy (non-hydrogen) atoms. The Bertz CT molecular complexity index is 4200. The fourth-order valence-electron chi connectivity index (χ4n) is 12.1. The van der Waals surface area contributed by atoms with Gasteiger partial charge in [-0.2, -0.15) is 0 Å². The van der Waals surface area contributed by atoms with Crippen LogP contribution in [-0.2, 0) is 10.8 Å². The lowest BCUT2D eigenvalue weighted by molar-refractivity contribution is 0.482. The van der Waals surface area contributed by atoms with E-state index in [1.165, 1.54) is 94.3 Å². The van der Waals surface area contributed by atoms with E-state index in [1.54, 1.807) is 0 Å². The summed E-state index contributed by atoms with van der Waals surface area (Å²) in [5.74, 6) is 1.56. The topological polar surface area (TPSA) is 17.4 Å². The van der Waals surface area contributed by atoms with Gasteiger partial charge in [-0.25, -0.2) is 0 Å². The third kappa shape index (κ3) is 8.31. The van der Waals surface area contributed by atoms with Crippen molar-refractivity contribution >= 4 is 44.9 Å². The molecule has 0 aliphatic heterocycles. The minimum atomic E-state index is -0.633. The molecule has 0 N–H and O–H groups in total. The predicted octanol–water partition coefficient (Wildman–Crippen LogP) is 20.3. The van der Waals surface area contributed by atoms with Crippen LogP contribution in [0.15, 0.2) is 261 Å². The lowest BCUT2D eigenvalue weighted by Crippen LogP contribution is -2.28. The van der Waals surface area contributed by atoms with E-state index < -0.39 is 5.41 Å². The number of para-hydroxylation sites is 1. The first-order valence-corrected chi connectivity index (χ1v) is 27.1. The van der Waals surface area contributed by atoms with Crippen molar-refractivity contribution in [2.45, 2.75) is 45.4 Å². The summed E-state index contributed by atoms with van der Waals surface area (Å²) in [4.78, 5) is 2.42. The molecular formula is C75H60N2O. The Morgan fingerprint density at radius 2 is 1.00 bits per heavy atom. The van der Waals surface area contributed by atoms with Gasteiger partial charge in [0.1, 0.15) is 11.5 Å². The van der Waals surface area contributed by atoms with Crippen molar-refractivity contribution in [3.05, 3.63) is 306 Å². The number of hydrogen-bond acceptors (Lipinski definition) is 2. The summed E-state index contributed by atoms with van der Waals surface area (Å²) in [5, 5.41) is 2.49. The zero-order valence-corrected chi connectivity index (χ0v) is 44.8. The van der Waals surface area contributed by atoms with E-state index in [2.05, 4.69) is 281 Å². The number of aryl methyl sites for hydroxylation is 2. The predicted molar refractivity (Wildman–Crippen MR) is 328 cm³/mol. The SMILES string of the molecule is C=Cc1ccc(Oc2ccc(C3(c4ccccc4)c4ccccc4-c4ccc(N(c5ccc(-c6ccc(C(C)(C)C)cc6)cc5)c5ccc(-c6ccc7c(c6)c6ccccc6n7-c6cc(C)ccc6C)cc5)cc43)cc2)cc1. The quantitative estimate of drug-likeness (QED) is 0.128. The van der Waals surface area contributed by atoms with Gasteiger partial charge < -0.3 is 14.2 Å². The maximum atomic E-state index is 6.43. The fourth-order valence-corrected chi connectivity index (χ4v) is 12.1. The van der Waals surface area contributed by atoms with Crippen molar-refractivity contribution in [2.75, 3.05) is 4.90 Å². The molecule has 1 heterocycles. The normalized spacial score (nSPS) is 13.8. The molecule has 1 unspecified atom stereocenters. The van der Waals surface area contributed by atoms with Crippen molar-refractivity contribution in [1.29, 1.82) is 0 Å². The summed E-state index contributed by atoms with van der Waals surface area (Å²) < 4.78 is 8.86. The standard InChI is InChI=1S/C75H60N2O/c1-7-52-23-41-63(42-24-52)78-64-43-34-59(35-44-64)75(58-15-9-8-10-16-58)69-19-13-11-17-65(69)66-45-40-62(49-70(66)75)76(60-36-27-54(28-37-60)53-25-32-57(33-26-53)74(4,5)6)61-38-29-55(30-39-61)56-31-46-72-68(48-56)67-18-12-14-20-71(67)77(72)73-47-50(2)21-22-51(73)3/h7-49H,1H2,2-6H3. The molecule has 12 aromatic rings. The number of rotatable bonds is 11. The fraction of sp³-hybridized carbons (Fsp3) is 0.0933. The molecule has 0 radical (unpaired) electrons. The molecule has 11 aromatic carbocycles. The maximum Gasteiger partial charge on any atom is 0.127 e. The molecule has 0 spiro atoms. The number of benzene rings is 11. The number of aromatic nitrogens is 1. The van der Waals surface area contributed by atoms with E-state index in [-0.39, 0.29) is 5.41 Å². The molecule has 3 heteroatoms. The number of anilines is 3. The van der Waals surface area contributed by atoms with Gasteiger partial charge >= 0.3 is 0 Å². The first-order chi connectivity index (χ1) is 38.0. The van der Waals surface area contributed by atoms with Crippen molar-refractivity contribution in [1.82, 2.24) is 4.57 Å². The van der Waals surface area contributed by atoms with Gasteiger partial charge in [0.25, 0.3) is 0 Å². The Hall–Kier alpha value is -9.44. The Morgan fingerprint density at radius 3 is 1.68 bits per heavy atom. The van der Waals surface area contributed by atoms with Gasteiger partial charge in [0.15, 0.2) is 0 Å². The second-order valence-corrected chi connectivity index (χ2v) is 21.9. The van der Waals surface area contributed by atoms with Crippen LogP contribution >= 0.6 is 0 Å². The van der Waals surface area contributed by atoms with Crippen LogP contribution in [0.4, 0.5) is 17.1 Å². The number of hydrogen-bond donors (Lipinski definition) is 0. The third-order valence-electron chi connectivity index (χ3n) is 16.1. The van der Waals surface area contributed by atoms with Gasteiger partial charge in [-0.05, 0) is 182 Å². The van der Waals surface area contributed by atoms with Crippen molar-refractivity contribution in [2.24, 2.45) is 0 Å². The molecule has 1 atom stereocenters. The minimum Gasteiger partial charge on any atom is -0.457 e. The molecule has 1 aromatic heterocycles. The average Bonchev–Trinajstić information content (AvgIpc) is 4.20. The number of nitrogens with zero attached hydrogens (tertiary/aromatic N) is 2. The monoisotopic (exact) mass is 1000 g/mol. The molecule has 1 aliphatic rings. The summed E-state index contributed by atoms with van der Waals surface area (Å²) >= 11 is 0. The van der Waals surface area contributed by atoms with E-state index >= 15 is 0 Å². The Balaban J connectivity index is 0.943. The molecule has 0 amide bonds. The molecule has 1 aliphatic carbocycles. The Morgan fingerprint density at radius 1 is 0.449 bits per heavy atom. The molecule has 3 nitrogen and oxygen atoms in total. The van der Waals surface area contributed by atoms with Crippen molar-refractivity contribution in [3.63, 3.8) is 0 Å². The van der Waals surface area contributed by atoms with Crippen molar-refractivity contribution < 1.29 is 4.74 Å². The van der Waals surface area contributed by atoms with Crippen molar-refractivity contribution in [3.8, 4) is 50.6 Å². The van der Waals surface area contributed by atoms with E-state index in [0.717, 1.165) is 39.7 Å². The van der Waals surface area contributed by atoms with Crippen LogP contribution in [0.5, 0.6) is 11.5 Å². The lowest BCUT2D eigenvalue weighted by Gasteiger charge is -2.35. The highest BCUT2D eigenvalue weighted by atomic mass is 16.5. The highest BCUT2D eigenvalue weighted by Gasteiger charge is 2.46. The molecule has 0 saturated carbocycles. The van der Waals surface area contributed by atoms with Crippen LogP contribution in [0, 0.1) is 13.8 Å². The molecule has 13 rings (SSSR count). The van der Waals surface area contributed by atoms with E-state index in [9.17, 15) is 0 Å². The summed E-state index contributed by atoms with van der Waals surface area (Å²) in [6.07, 6.45) is 1.85. The first kappa shape index (κ1) is 48.2. The Labute approximate surface area is 458 Å². The van der Waals surface area contributed by atoms with Crippen LogP contribution in [0.25, 0.3) is 66.9 Å². The lowest BCUT2D eigenvalue weighted by atomic mass is 9.67. The van der Waals surface area contributed by atoms with Gasteiger partial charge in [0.05, 0.1) is 16.4 Å². The van der Waals surface area contributed by atoms with Gasteiger partial charge in [0.2, 0.25) is 0 Å². The summed E-state index contributed by atoms with van der Waals surface area (Å²) in [7, 11) is 0. The molecule has 0 saturated heterocycles. The zero-order valence-electron chi connectivity index (χ0n) is 44.8. The summed E-state index contributed by atoms with van der Waals surface area (Å²) in [6, 6.07) is 93.5. The van der Waals surface area contributed by atoms with Crippen LogP contribution in [0.3, 0.4) is 0 Å². The van der Waals surface area contributed by atoms with Gasteiger partial charge in [-0.15, -0.1) is 0 Å². The maximum absolute atomic E-state index is 6.43. The smallest absolute Gasteiger partial charge is 0.127 e. The largest absolute Gasteiger partial charge is 0.457 e. The van der Waals surface area contributed by atoms with Crippen LogP contribution in [0.2, 0.25) is 0 Å². The average molecular weight is 1010 g/mol. The highest BCUT2D eigenvalue weighted by molar-refractivity contribution is 6.10. The molecule has 376 valence electrons. The minimum absolute atomic E-state index is 0.0818. The third-order valence-corrected chi connectivity index (χ3v) is 16.1. The van der Waals surface area contributed by atoms with Gasteiger partial charge in [0, 0.05) is 33.5 Å². The highest BCUT2D eigenvalue weighted by Crippen LogP contribution is 2.57. The van der Waals surface area contributed by atoms with E-state index in [1.807, 2.05) is 30.3 Å². The number of fused-ring (bicyclic) bond motifs is 6. The second kappa shape index (κ2) is 19.3. The molecular weight excluding hydrogens is 945 g/mol. The molecule has 0 bridgehead atoms. The first-order valence-electron chi connectivity index (χ1n) is 27.1. The summed E-state index contributed by atoms with van der Waals surface area (Å²) in [5.41, 5.74) is 23.2. The van der Waals surface area contributed by atoms with Gasteiger partial charge in [-0.3, -0.25) is 0 Å². The Kier molecular flexibility index (Phi) is 11.9. The van der Waals surface area contributed by atoms with Crippen LogP contribution in [0.1, 0.15) is 65.3 Å². The summed E-state index contributed by atoms with van der Waals surface area (Å²) in [6.45, 7) is 15.1.